The normalized spacial score (nSPS) is 10.4. The fourth-order valence-corrected chi connectivity index (χ4v) is 1.92. The van der Waals surface area contributed by atoms with E-state index in [9.17, 15) is 4.79 Å². The maximum Gasteiger partial charge on any atom is 0.287 e. The van der Waals surface area contributed by atoms with Gasteiger partial charge in [0.25, 0.3) is 5.91 Å². The summed E-state index contributed by atoms with van der Waals surface area (Å²) in [5.41, 5.74) is 1.47. The average molecular weight is 298 g/mol. The highest BCUT2D eigenvalue weighted by Crippen LogP contribution is 2.15. The third-order valence-electron chi connectivity index (χ3n) is 3.03. The molecule has 22 heavy (non-hydrogen) atoms. The van der Waals surface area contributed by atoms with Gasteiger partial charge in [0.2, 0.25) is 0 Å². The van der Waals surface area contributed by atoms with E-state index >= 15 is 0 Å². The van der Waals surface area contributed by atoms with Crippen molar-refractivity contribution in [3.63, 3.8) is 0 Å². The molecule has 112 valence electrons. The molecule has 0 saturated carbocycles. The summed E-state index contributed by atoms with van der Waals surface area (Å²) in [4.78, 5) is 11.8. The Balaban J connectivity index is 1.67. The number of furan rings is 1. The number of rotatable bonds is 5. The fraction of sp³-hybridized carbons (Fsp3) is 0.133. The van der Waals surface area contributed by atoms with E-state index in [1.807, 2.05) is 24.3 Å². The fourth-order valence-electron chi connectivity index (χ4n) is 1.92. The van der Waals surface area contributed by atoms with Gasteiger partial charge in [0.15, 0.2) is 5.76 Å². The lowest BCUT2D eigenvalue weighted by molar-refractivity contribution is 0.0922. The maximum atomic E-state index is 11.8. The van der Waals surface area contributed by atoms with Crippen molar-refractivity contribution in [2.24, 2.45) is 0 Å². The minimum Gasteiger partial charge on any atom is -0.497 e. The van der Waals surface area contributed by atoms with Gasteiger partial charge in [-0.15, -0.1) is 5.10 Å². The van der Waals surface area contributed by atoms with Gasteiger partial charge in [0.1, 0.15) is 11.4 Å². The van der Waals surface area contributed by atoms with Crippen molar-refractivity contribution in [1.29, 1.82) is 0 Å². The first-order chi connectivity index (χ1) is 10.8. The van der Waals surface area contributed by atoms with Crippen LogP contribution in [0.15, 0.2) is 53.3 Å². The Bertz CT molecular complexity index is 765. The van der Waals surface area contributed by atoms with E-state index in [0.717, 1.165) is 11.4 Å². The van der Waals surface area contributed by atoms with Crippen molar-refractivity contribution in [2.45, 2.75) is 6.54 Å². The van der Waals surface area contributed by atoms with Crippen molar-refractivity contribution in [1.82, 2.24) is 20.3 Å². The second-order valence-electron chi connectivity index (χ2n) is 4.52. The van der Waals surface area contributed by atoms with Crippen LogP contribution in [0.2, 0.25) is 0 Å². The summed E-state index contributed by atoms with van der Waals surface area (Å²) >= 11 is 0. The Kier molecular flexibility index (Phi) is 3.86. The van der Waals surface area contributed by atoms with Crippen LogP contribution in [-0.2, 0) is 6.54 Å². The third-order valence-corrected chi connectivity index (χ3v) is 3.03. The lowest BCUT2D eigenvalue weighted by Gasteiger charge is -2.03. The highest BCUT2D eigenvalue weighted by molar-refractivity contribution is 5.91. The number of amides is 1. The van der Waals surface area contributed by atoms with Crippen molar-refractivity contribution < 1.29 is 13.9 Å². The zero-order chi connectivity index (χ0) is 15.4. The topological polar surface area (TPSA) is 82.2 Å². The number of carbonyl (C=O) groups excluding carboxylic acids is 1. The summed E-state index contributed by atoms with van der Waals surface area (Å²) in [6, 6.07) is 10.7. The number of benzene rings is 1. The van der Waals surface area contributed by atoms with Crippen LogP contribution in [0, 0.1) is 0 Å². The minimum absolute atomic E-state index is 0.264. The molecule has 0 radical (unpaired) electrons. The van der Waals surface area contributed by atoms with E-state index < -0.39 is 0 Å². The highest BCUT2D eigenvalue weighted by Gasteiger charge is 2.09. The number of hydrogen-bond acceptors (Lipinski definition) is 5. The van der Waals surface area contributed by atoms with E-state index in [1.165, 1.54) is 6.26 Å². The molecule has 0 aliphatic carbocycles. The van der Waals surface area contributed by atoms with Crippen molar-refractivity contribution in [3.05, 3.63) is 60.3 Å². The molecule has 0 bridgehead atoms. The molecule has 2 aromatic heterocycles. The van der Waals surface area contributed by atoms with E-state index in [2.05, 4.69) is 15.6 Å². The third kappa shape index (κ3) is 2.98. The molecule has 0 aliphatic rings. The van der Waals surface area contributed by atoms with Crippen LogP contribution in [0.1, 0.15) is 16.2 Å². The molecule has 3 aromatic rings. The summed E-state index contributed by atoms with van der Waals surface area (Å²) in [7, 11) is 1.61. The quantitative estimate of drug-likeness (QED) is 0.776. The van der Waals surface area contributed by atoms with Gasteiger partial charge in [-0.25, -0.2) is 4.68 Å². The molecule has 0 spiro atoms. The zero-order valence-electron chi connectivity index (χ0n) is 11.9. The molecule has 1 N–H and O–H groups in total. The Morgan fingerprint density at radius 2 is 2.27 bits per heavy atom. The van der Waals surface area contributed by atoms with E-state index in [4.69, 9.17) is 9.15 Å². The Hall–Kier alpha value is -3.09. The molecule has 0 saturated heterocycles. The van der Waals surface area contributed by atoms with E-state index in [-0.39, 0.29) is 18.2 Å². The first kappa shape index (κ1) is 13.9. The second-order valence-corrected chi connectivity index (χ2v) is 4.52. The van der Waals surface area contributed by atoms with Gasteiger partial charge >= 0.3 is 0 Å². The van der Waals surface area contributed by atoms with E-state index in [1.54, 1.807) is 30.1 Å². The molecule has 1 amide bonds. The largest absolute Gasteiger partial charge is 0.497 e. The maximum absolute atomic E-state index is 11.8. The Labute approximate surface area is 126 Å². The second kappa shape index (κ2) is 6.13. The van der Waals surface area contributed by atoms with Gasteiger partial charge in [-0.1, -0.05) is 11.3 Å². The standard InChI is InChI=1S/C15H14N4O3/c1-21-13-5-2-4-12(8-13)19-10-11(17-18-19)9-16-15(20)14-6-3-7-22-14/h2-8,10H,9H2,1H3,(H,16,20). The number of hydrogen-bond donors (Lipinski definition) is 1. The monoisotopic (exact) mass is 298 g/mol. The molecule has 7 nitrogen and oxygen atoms in total. The van der Waals surface area contributed by atoms with Crippen LogP contribution in [0.3, 0.4) is 0 Å². The molecule has 1 aromatic carbocycles. The number of nitrogens with zero attached hydrogens (tertiary/aromatic N) is 3. The number of carbonyl (C=O) groups is 1. The number of nitrogens with one attached hydrogen (secondary N) is 1. The predicted octanol–water partition coefficient (Wildman–Crippen LogP) is 1.80. The van der Waals surface area contributed by atoms with E-state index in [0.29, 0.717) is 5.69 Å². The Morgan fingerprint density at radius 3 is 3.05 bits per heavy atom. The molecular weight excluding hydrogens is 284 g/mol. The highest BCUT2D eigenvalue weighted by atomic mass is 16.5. The van der Waals surface area contributed by atoms with Crippen LogP contribution < -0.4 is 10.1 Å². The van der Waals surface area contributed by atoms with Crippen molar-refractivity contribution >= 4 is 5.91 Å². The van der Waals surface area contributed by atoms with Crippen LogP contribution in [0.25, 0.3) is 5.69 Å². The minimum atomic E-state index is -0.291. The molecule has 0 fully saturated rings. The molecule has 0 atom stereocenters. The lowest BCUT2D eigenvalue weighted by atomic mass is 10.3. The smallest absolute Gasteiger partial charge is 0.287 e. The summed E-state index contributed by atoms with van der Waals surface area (Å²) in [6.45, 7) is 0.267. The summed E-state index contributed by atoms with van der Waals surface area (Å²) in [5, 5.41) is 10.8. The van der Waals surface area contributed by atoms with Gasteiger partial charge < -0.3 is 14.5 Å². The van der Waals surface area contributed by atoms with Gasteiger partial charge in [-0.3, -0.25) is 4.79 Å². The molecule has 0 unspecified atom stereocenters. The van der Waals surface area contributed by atoms with Crippen molar-refractivity contribution in [3.8, 4) is 11.4 Å². The zero-order valence-corrected chi connectivity index (χ0v) is 11.9. The average Bonchev–Trinajstić information content (AvgIpc) is 3.24. The predicted molar refractivity (Wildman–Crippen MR) is 77.8 cm³/mol. The van der Waals surface area contributed by atoms with Gasteiger partial charge in [-0.05, 0) is 24.3 Å². The van der Waals surface area contributed by atoms with Crippen LogP contribution >= 0.6 is 0 Å². The van der Waals surface area contributed by atoms with Crippen LogP contribution in [0.4, 0.5) is 0 Å². The SMILES string of the molecule is COc1cccc(-n2cc(CNC(=O)c3ccco3)nn2)c1. The molecular formula is C15H14N4O3. The number of ether oxygens (including phenoxy) is 1. The summed E-state index contributed by atoms with van der Waals surface area (Å²) < 4.78 is 11.8. The van der Waals surface area contributed by atoms with Gasteiger partial charge in [-0.2, -0.15) is 0 Å². The van der Waals surface area contributed by atoms with Crippen LogP contribution in [-0.4, -0.2) is 28.0 Å². The van der Waals surface area contributed by atoms with Crippen LogP contribution in [0.5, 0.6) is 5.75 Å². The molecule has 2 heterocycles. The number of methoxy groups -OCH3 is 1. The molecule has 7 heteroatoms. The first-order valence-electron chi connectivity index (χ1n) is 6.63. The van der Waals surface area contributed by atoms with Crippen molar-refractivity contribution in [2.75, 3.05) is 7.11 Å². The first-order valence-corrected chi connectivity index (χ1v) is 6.63. The molecule has 0 aliphatic heterocycles. The molecule has 3 rings (SSSR count). The number of aromatic nitrogens is 3. The Morgan fingerprint density at radius 1 is 1.36 bits per heavy atom. The van der Waals surface area contributed by atoms with Gasteiger partial charge in [0, 0.05) is 6.07 Å². The van der Waals surface area contributed by atoms with Gasteiger partial charge in [0.05, 0.1) is 31.8 Å². The lowest BCUT2D eigenvalue weighted by Crippen LogP contribution is -2.22. The summed E-state index contributed by atoms with van der Waals surface area (Å²) in [5.74, 6) is 0.710. The summed E-state index contributed by atoms with van der Waals surface area (Å²) in [6.07, 6.45) is 3.20.